The lowest BCUT2D eigenvalue weighted by atomic mass is 9.78. The SMILES string of the molecule is Cc1ccc(C(=O)N2CCC[C@@H](C(=O)Nc3nc4c(s3)C(=O)CC(C)(C)C4)C2)cc1. The van der Waals surface area contributed by atoms with E-state index < -0.39 is 0 Å². The molecule has 1 aliphatic carbocycles. The first-order valence-corrected chi connectivity index (χ1v) is 11.2. The smallest absolute Gasteiger partial charge is 0.253 e. The van der Waals surface area contributed by atoms with Crippen molar-refractivity contribution in [2.75, 3.05) is 18.4 Å². The third-order valence-corrected chi connectivity index (χ3v) is 6.90. The van der Waals surface area contributed by atoms with Gasteiger partial charge in [0.1, 0.15) is 0 Å². The number of piperidine rings is 1. The van der Waals surface area contributed by atoms with Crippen LogP contribution in [-0.4, -0.2) is 40.6 Å². The molecular formula is C23H27N3O3S. The second-order valence-corrected chi connectivity index (χ2v) is 10.2. The van der Waals surface area contributed by atoms with Gasteiger partial charge in [-0.1, -0.05) is 42.9 Å². The van der Waals surface area contributed by atoms with E-state index in [4.69, 9.17) is 0 Å². The zero-order valence-corrected chi connectivity index (χ0v) is 18.5. The lowest BCUT2D eigenvalue weighted by molar-refractivity contribution is -0.121. The summed E-state index contributed by atoms with van der Waals surface area (Å²) < 4.78 is 0. The van der Waals surface area contributed by atoms with E-state index in [9.17, 15) is 14.4 Å². The van der Waals surface area contributed by atoms with Gasteiger partial charge >= 0.3 is 0 Å². The van der Waals surface area contributed by atoms with Crippen molar-refractivity contribution in [3.05, 3.63) is 46.0 Å². The number of nitrogens with zero attached hydrogens (tertiary/aromatic N) is 2. The maximum Gasteiger partial charge on any atom is 0.253 e. The highest BCUT2D eigenvalue weighted by Gasteiger charge is 2.35. The summed E-state index contributed by atoms with van der Waals surface area (Å²) in [5.74, 6) is -0.341. The first-order valence-electron chi connectivity index (χ1n) is 10.4. The minimum Gasteiger partial charge on any atom is -0.338 e. The molecule has 0 unspecified atom stereocenters. The van der Waals surface area contributed by atoms with Crippen LogP contribution in [0.15, 0.2) is 24.3 Å². The second-order valence-electron chi connectivity index (χ2n) is 9.18. The number of benzene rings is 1. The minimum atomic E-state index is -0.277. The summed E-state index contributed by atoms with van der Waals surface area (Å²) >= 11 is 1.27. The van der Waals surface area contributed by atoms with E-state index in [1.165, 1.54) is 11.3 Å². The normalized spacial score (nSPS) is 20.6. The monoisotopic (exact) mass is 425 g/mol. The number of ketones is 1. The molecule has 0 bridgehead atoms. The summed E-state index contributed by atoms with van der Waals surface area (Å²) in [7, 11) is 0. The van der Waals surface area contributed by atoms with Crippen LogP contribution in [0.5, 0.6) is 0 Å². The number of fused-ring (bicyclic) bond motifs is 1. The van der Waals surface area contributed by atoms with Crippen molar-refractivity contribution in [3.8, 4) is 0 Å². The summed E-state index contributed by atoms with van der Waals surface area (Å²) in [6, 6.07) is 7.52. The van der Waals surface area contributed by atoms with Gasteiger partial charge in [-0.15, -0.1) is 0 Å². The maximum atomic E-state index is 12.9. The summed E-state index contributed by atoms with van der Waals surface area (Å²) in [4.78, 5) is 45.0. The molecule has 2 amide bonds. The van der Waals surface area contributed by atoms with Crippen LogP contribution < -0.4 is 5.32 Å². The summed E-state index contributed by atoms with van der Waals surface area (Å²) in [5.41, 5.74) is 2.45. The molecule has 2 aromatic rings. The van der Waals surface area contributed by atoms with Gasteiger partial charge in [0.2, 0.25) is 5.91 Å². The molecule has 1 N–H and O–H groups in total. The molecule has 6 nitrogen and oxygen atoms in total. The van der Waals surface area contributed by atoms with E-state index in [0.29, 0.717) is 35.1 Å². The molecule has 1 aliphatic heterocycles. The largest absolute Gasteiger partial charge is 0.338 e. The fourth-order valence-electron chi connectivity index (χ4n) is 4.24. The van der Waals surface area contributed by atoms with Gasteiger partial charge in [-0.2, -0.15) is 0 Å². The second kappa shape index (κ2) is 7.95. The molecule has 1 fully saturated rings. The number of aromatic nitrogens is 1. The first kappa shape index (κ1) is 20.7. The van der Waals surface area contributed by atoms with E-state index in [1.807, 2.05) is 31.2 Å². The highest BCUT2D eigenvalue weighted by Crippen LogP contribution is 2.38. The van der Waals surface area contributed by atoms with Crippen LogP contribution in [0, 0.1) is 18.3 Å². The Morgan fingerprint density at radius 1 is 1.20 bits per heavy atom. The van der Waals surface area contributed by atoms with Gasteiger partial charge in [-0.3, -0.25) is 14.4 Å². The van der Waals surface area contributed by atoms with Crippen LogP contribution in [-0.2, 0) is 11.2 Å². The van der Waals surface area contributed by atoms with Crippen molar-refractivity contribution >= 4 is 34.1 Å². The topological polar surface area (TPSA) is 79.4 Å². The maximum absolute atomic E-state index is 12.9. The van der Waals surface area contributed by atoms with Crippen molar-refractivity contribution in [2.45, 2.75) is 46.5 Å². The lowest BCUT2D eigenvalue weighted by Gasteiger charge is -2.32. The lowest BCUT2D eigenvalue weighted by Crippen LogP contribution is -2.43. The molecule has 1 atom stereocenters. The number of carbonyl (C=O) groups is 3. The van der Waals surface area contributed by atoms with Crippen molar-refractivity contribution in [1.29, 1.82) is 0 Å². The quantitative estimate of drug-likeness (QED) is 0.803. The first-order chi connectivity index (χ1) is 14.2. The molecule has 158 valence electrons. The Labute approximate surface area is 180 Å². The van der Waals surface area contributed by atoms with Crippen LogP contribution in [0.1, 0.15) is 64.4 Å². The van der Waals surface area contributed by atoms with E-state index in [0.717, 1.165) is 30.5 Å². The summed E-state index contributed by atoms with van der Waals surface area (Å²) in [6.45, 7) is 7.17. The van der Waals surface area contributed by atoms with Crippen molar-refractivity contribution in [1.82, 2.24) is 9.88 Å². The molecule has 0 radical (unpaired) electrons. The molecule has 1 aromatic carbocycles. The van der Waals surface area contributed by atoms with Crippen LogP contribution in [0.3, 0.4) is 0 Å². The third-order valence-electron chi connectivity index (χ3n) is 5.84. The number of aryl methyl sites for hydroxylation is 1. The van der Waals surface area contributed by atoms with E-state index in [1.54, 1.807) is 4.90 Å². The highest BCUT2D eigenvalue weighted by atomic mass is 32.1. The Morgan fingerprint density at radius 2 is 1.93 bits per heavy atom. The minimum absolute atomic E-state index is 0.0370. The predicted molar refractivity (Wildman–Crippen MR) is 117 cm³/mol. The average Bonchev–Trinajstić information content (AvgIpc) is 3.09. The van der Waals surface area contributed by atoms with E-state index >= 15 is 0 Å². The van der Waals surface area contributed by atoms with Gasteiger partial charge in [0.25, 0.3) is 5.91 Å². The predicted octanol–water partition coefficient (Wildman–Crippen LogP) is 4.10. The standard InChI is InChI=1S/C23H27N3O3S/c1-14-6-8-15(9-7-14)21(29)26-10-4-5-16(13-26)20(28)25-22-24-17-11-23(2,3)12-18(27)19(17)30-22/h6-9,16H,4-5,10-13H2,1-3H3,(H,24,25,28)/t16-/m1/s1. The molecule has 30 heavy (non-hydrogen) atoms. The van der Waals surface area contributed by atoms with Crippen LogP contribution in [0.2, 0.25) is 0 Å². The number of thiazole rings is 1. The summed E-state index contributed by atoms with van der Waals surface area (Å²) in [5, 5.41) is 3.39. The highest BCUT2D eigenvalue weighted by molar-refractivity contribution is 7.17. The average molecular weight is 426 g/mol. The van der Waals surface area contributed by atoms with Crippen molar-refractivity contribution in [3.63, 3.8) is 0 Å². The van der Waals surface area contributed by atoms with Crippen molar-refractivity contribution < 1.29 is 14.4 Å². The van der Waals surface area contributed by atoms with Crippen LogP contribution >= 0.6 is 11.3 Å². The Hall–Kier alpha value is -2.54. The molecular weight excluding hydrogens is 398 g/mol. The fourth-order valence-corrected chi connectivity index (χ4v) is 5.16. The van der Waals surface area contributed by atoms with Gasteiger partial charge < -0.3 is 10.2 Å². The zero-order chi connectivity index (χ0) is 21.5. The molecule has 0 saturated carbocycles. The van der Waals surface area contributed by atoms with Crippen LogP contribution in [0.4, 0.5) is 5.13 Å². The number of likely N-dealkylation sites (tertiary alicyclic amines) is 1. The molecule has 7 heteroatoms. The van der Waals surface area contributed by atoms with Gasteiger partial charge in [-0.05, 0) is 43.7 Å². The number of carbonyl (C=O) groups excluding carboxylic acids is 3. The van der Waals surface area contributed by atoms with Gasteiger partial charge in [0.05, 0.1) is 16.5 Å². The number of amides is 2. The number of hydrogen-bond donors (Lipinski definition) is 1. The number of Topliss-reactive ketones (excluding diaryl/α,β-unsaturated/α-hetero) is 1. The number of anilines is 1. The Bertz CT molecular complexity index is 994. The Balaban J connectivity index is 1.42. The molecule has 0 spiro atoms. The van der Waals surface area contributed by atoms with Crippen molar-refractivity contribution in [2.24, 2.45) is 11.3 Å². The Kier molecular flexibility index (Phi) is 5.49. The fraction of sp³-hybridized carbons (Fsp3) is 0.478. The van der Waals surface area contributed by atoms with Gasteiger partial charge in [0.15, 0.2) is 10.9 Å². The molecule has 2 aliphatic rings. The van der Waals surface area contributed by atoms with E-state index in [2.05, 4.69) is 24.1 Å². The molecule has 1 saturated heterocycles. The van der Waals surface area contributed by atoms with Gasteiger partial charge in [0, 0.05) is 25.1 Å². The van der Waals surface area contributed by atoms with Gasteiger partial charge in [-0.25, -0.2) is 4.98 Å². The Morgan fingerprint density at radius 3 is 2.67 bits per heavy atom. The number of rotatable bonds is 3. The number of hydrogen-bond acceptors (Lipinski definition) is 5. The van der Waals surface area contributed by atoms with E-state index in [-0.39, 0.29) is 28.9 Å². The molecule has 2 heterocycles. The number of nitrogens with one attached hydrogen (secondary N) is 1. The molecule has 1 aromatic heterocycles. The summed E-state index contributed by atoms with van der Waals surface area (Å²) in [6.07, 6.45) is 2.77. The third kappa shape index (κ3) is 4.31. The van der Waals surface area contributed by atoms with Crippen LogP contribution in [0.25, 0.3) is 0 Å². The zero-order valence-electron chi connectivity index (χ0n) is 17.7. The molecule has 4 rings (SSSR count).